The summed E-state index contributed by atoms with van der Waals surface area (Å²) in [6.07, 6.45) is 0. The number of rotatable bonds is 5. The molecule has 0 spiro atoms. The van der Waals surface area contributed by atoms with Gasteiger partial charge in [0.2, 0.25) is 0 Å². The summed E-state index contributed by atoms with van der Waals surface area (Å²) in [6, 6.07) is 4.48. The minimum Gasteiger partial charge on any atom is -0.496 e. The highest BCUT2D eigenvalue weighted by Gasteiger charge is 2.30. The van der Waals surface area contributed by atoms with Gasteiger partial charge in [-0.25, -0.2) is 0 Å². The molecule has 0 aliphatic carbocycles. The Morgan fingerprint density at radius 1 is 1.39 bits per heavy atom. The van der Waals surface area contributed by atoms with E-state index in [1.807, 2.05) is 0 Å². The van der Waals surface area contributed by atoms with Crippen molar-refractivity contribution in [1.29, 1.82) is 0 Å². The molecule has 0 aromatic heterocycles. The van der Waals surface area contributed by atoms with E-state index in [1.54, 1.807) is 13.0 Å². The average Bonchev–Trinajstić information content (AvgIpc) is 2.27. The first kappa shape index (κ1) is 15.4. The number of alkyl halides is 3. The zero-order chi connectivity index (χ0) is 13.8. The number of thioether (sulfide) groups is 1. The molecule has 2 nitrogen and oxygen atoms in total. The van der Waals surface area contributed by atoms with Crippen LogP contribution in [0.4, 0.5) is 13.2 Å². The van der Waals surface area contributed by atoms with Crippen molar-refractivity contribution in [2.75, 3.05) is 12.9 Å². The van der Waals surface area contributed by atoms with Gasteiger partial charge in [0.15, 0.2) is 0 Å². The zero-order valence-corrected chi connectivity index (χ0v) is 11.5. The summed E-state index contributed by atoms with van der Waals surface area (Å²) in [7, 11) is 0.270. The SMILES string of the molecule is CC[S@](=O)Cc1ccc(OC)c(SC(F)(F)F)c1. The van der Waals surface area contributed by atoms with Crippen molar-refractivity contribution in [2.24, 2.45) is 0 Å². The number of methoxy groups -OCH3 is 1. The maximum atomic E-state index is 12.4. The second-order valence-corrected chi connectivity index (χ2v) is 6.26. The molecular formula is C11H13F3O2S2. The van der Waals surface area contributed by atoms with Gasteiger partial charge >= 0.3 is 5.51 Å². The van der Waals surface area contributed by atoms with Crippen LogP contribution in [0.15, 0.2) is 23.1 Å². The van der Waals surface area contributed by atoms with E-state index in [9.17, 15) is 17.4 Å². The summed E-state index contributed by atoms with van der Waals surface area (Å²) in [5, 5.41) is 0. The zero-order valence-electron chi connectivity index (χ0n) is 9.91. The topological polar surface area (TPSA) is 26.3 Å². The first-order chi connectivity index (χ1) is 8.35. The Morgan fingerprint density at radius 2 is 2.06 bits per heavy atom. The molecule has 7 heteroatoms. The Bertz CT molecular complexity index is 433. The van der Waals surface area contributed by atoms with Crippen molar-refractivity contribution in [2.45, 2.75) is 23.1 Å². The molecule has 0 heterocycles. The van der Waals surface area contributed by atoms with Crippen molar-refractivity contribution >= 4 is 22.6 Å². The molecule has 1 aromatic rings. The third-order valence-electron chi connectivity index (χ3n) is 2.10. The highest BCUT2D eigenvalue weighted by Crippen LogP contribution is 2.41. The van der Waals surface area contributed by atoms with Gasteiger partial charge in [0, 0.05) is 22.3 Å². The Hall–Kier alpha value is -0.690. The number of hydrogen-bond acceptors (Lipinski definition) is 3. The van der Waals surface area contributed by atoms with Crippen LogP contribution in [0.1, 0.15) is 12.5 Å². The van der Waals surface area contributed by atoms with E-state index in [1.165, 1.54) is 19.2 Å². The molecule has 18 heavy (non-hydrogen) atoms. The molecule has 1 aromatic carbocycles. The quantitative estimate of drug-likeness (QED) is 0.777. The van der Waals surface area contributed by atoms with E-state index in [-0.39, 0.29) is 28.2 Å². The molecule has 0 unspecified atom stereocenters. The van der Waals surface area contributed by atoms with Crippen LogP contribution in [-0.4, -0.2) is 22.6 Å². The maximum Gasteiger partial charge on any atom is 0.446 e. The average molecular weight is 298 g/mol. The molecule has 0 fully saturated rings. The van der Waals surface area contributed by atoms with Gasteiger partial charge in [-0.05, 0) is 29.5 Å². The van der Waals surface area contributed by atoms with Gasteiger partial charge in [-0.2, -0.15) is 13.2 Å². The summed E-state index contributed by atoms with van der Waals surface area (Å²) in [5.74, 6) is 0.906. The minimum atomic E-state index is -4.37. The molecule has 0 saturated carbocycles. The fourth-order valence-corrected chi connectivity index (χ4v) is 2.77. The lowest BCUT2D eigenvalue weighted by atomic mass is 10.2. The summed E-state index contributed by atoms with van der Waals surface area (Å²) in [4.78, 5) is -0.00407. The van der Waals surface area contributed by atoms with Crippen molar-refractivity contribution in [3.63, 3.8) is 0 Å². The van der Waals surface area contributed by atoms with E-state index in [0.717, 1.165) is 0 Å². The largest absolute Gasteiger partial charge is 0.496 e. The minimum absolute atomic E-state index is 0.00407. The third kappa shape index (κ3) is 4.89. The molecule has 0 bridgehead atoms. The van der Waals surface area contributed by atoms with Crippen LogP contribution >= 0.6 is 11.8 Å². The van der Waals surface area contributed by atoms with Gasteiger partial charge in [0.25, 0.3) is 0 Å². The van der Waals surface area contributed by atoms with Crippen LogP contribution in [0.2, 0.25) is 0 Å². The fraction of sp³-hybridized carbons (Fsp3) is 0.455. The van der Waals surface area contributed by atoms with E-state index in [4.69, 9.17) is 4.74 Å². The van der Waals surface area contributed by atoms with Crippen molar-refractivity contribution < 1.29 is 22.1 Å². The van der Waals surface area contributed by atoms with Crippen LogP contribution in [0.25, 0.3) is 0 Å². The van der Waals surface area contributed by atoms with E-state index in [2.05, 4.69) is 0 Å². The smallest absolute Gasteiger partial charge is 0.446 e. The molecule has 0 saturated heterocycles. The van der Waals surface area contributed by atoms with Crippen molar-refractivity contribution in [3.8, 4) is 5.75 Å². The Labute approximate surface area is 110 Å². The first-order valence-electron chi connectivity index (χ1n) is 5.13. The molecule has 0 amide bonds. The van der Waals surface area contributed by atoms with E-state index < -0.39 is 16.3 Å². The van der Waals surface area contributed by atoms with Gasteiger partial charge < -0.3 is 4.74 Å². The molecule has 1 rings (SSSR count). The summed E-state index contributed by atoms with van der Waals surface area (Å²) in [5.41, 5.74) is -3.75. The first-order valence-corrected chi connectivity index (χ1v) is 7.43. The second kappa shape index (κ2) is 6.47. The molecular weight excluding hydrogens is 285 g/mol. The lowest BCUT2D eigenvalue weighted by Gasteiger charge is -2.11. The number of benzene rings is 1. The van der Waals surface area contributed by atoms with Crippen LogP contribution < -0.4 is 4.74 Å². The van der Waals surface area contributed by atoms with Crippen LogP contribution in [0.3, 0.4) is 0 Å². The number of hydrogen-bond donors (Lipinski definition) is 0. The summed E-state index contributed by atoms with van der Waals surface area (Å²) < 4.78 is 53.4. The predicted molar refractivity (Wildman–Crippen MR) is 67.3 cm³/mol. The molecule has 1 atom stereocenters. The maximum absolute atomic E-state index is 12.4. The Balaban J connectivity index is 2.98. The standard InChI is InChI=1S/C11H13F3O2S2/c1-3-18(15)7-8-4-5-9(16-2)10(6-8)17-11(12,13)14/h4-6H,3,7H2,1-2H3/t18-/m0/s1. The van der Waals surface area contributed by atoms with Gasteiger partial charge in [0.1, 0.15) is 5.75 Å². The van der Waals surface area contributed by atoms with Gasteiger partial charge in [-0.1, -0.05) is 13.0 Å². The van der Waals surface area contributed by atoms with E-state index in [0.29, 0.717) is 11.3 Å². The highest BCUT2D eigenvalue weighted by molar-refractivity contribution is 8.00. The Kier molecular flexibility index (Phi) is 5.52. The molecule has 0 aliphatic heterocycles. The van der Waals surface area contributed by atoms with Crippen molar-refractivity contribution in [3.05, 3.63) is 23.8 Å². The number of ether oxygens (including phenoxy) is 1. The Morgan fingerprint density at radius 3 is 2.56 bits per heavy atom. The van der Waals surface area contributed by atoms with E-state index >= 15 is 0 Å². The molecule has 102 valence electrons. The second-order valence-electron chi connectivity index (χ2n) is 3.41. The third-order valence-corrected chi connectivity index (χ3v) is 4.17. The normalized spacial score (nSPS) is 13.4. The molecule has 0 radical (unpaired) electrons. The molecule has 0 N–H and O–H groups in total. The lowest BCUT2D eigenvalue weighted by Crippen LogP contribution is -2.02. The van der Waals surface area contributed by atoms with Gasteiger partial charge in [-0.15, -0.1) is 0 Å². The predicted octanol–water partition coefficient (Wildman–Crippen LogP) is 3.58. The monoisotopic (exact) mass is 298 g/mol. The number of halogens is 3. The summed E-state index contributed by atoms with van der Waals surface area (Å²) in [6.45, 7) is 1.77. The van der Waals surface area contributed by atoms with Crippen LogP contribution in [0.5, 0.6) is 5.75 Å². The highest BCUT2D eigenvalue weighted by atomic mass is 32.2. The van der Waals surface area contributed by atoms with Gasteiger partial charge in [0.05, 0.1) is 12.0 Å². The van der Waals surface area contributed by atoms with Crippen LogP contribution in [-0.2, 0) is 16.6 Å². The molecule has 0 aliphatic rings. The van der Waals surface area contributed by atoms with Crippen molar-refractivity contribution in [1.82, 2.24) is 0 Å². The fourth-order valence-electron chi connectivity index (χ4n) is 1.30. The summed E-state index contributed by atoms with van der Waals surface area (Å²) >= 11 is -0.223. The van der Waals surface area contributed by atoms with Gasteiger partial charge in [-0.3, -0.25) is 4.21 Å². The lowest BCUT2D eigenvalue weighted by molar-refractivity contribution is -0.0328. The van der Waals surface area contributed by atoms with Crippen LogP contribution in [0, 0.1) is 0 Å².